The van der Waals surface area contributed by atoms with Gasteiger partial charge in [0.1, 0.15) is 5.75 Å². The Hall–Kier alpha value is -1.26. The summed E-state index contributed by atoms with van der Waals surface area (Å²) in [5, 5.41) is 9.34. The molecule has 1 rings (SSSR count). The molecule has 0 spiro atoms. The predicted octanol–water partition coefficient (Wildman–Crippen LogP) is 1.48. The van der Waals surface area contributed by atoms with E-state index in [0.29, 0.717) is 16.3 Å². The number of hydrogen-bond acceptors (Lipinski definition) is 3. The molecule has 0 radical (unpaired) electrons. The Kier molecular flexibility index (Phi) is 3.94. The molecule has 1 unspecified atom stereocenters. The van der Waals surface area contributed by atoms with E-state index in [0.717, 1.165) is 0 Å². The van der Waals surface area contributed by atoms with Crippen molar-refractivity contribution in [1.29, 1.82) is 0 Å². The minimum Gasteiger partial charge on any atom is -0.495 e. The Morgan fingerprint density at radius 1 is 1.67 bits per heavy atom. The summed E-state index contributed by atoms with van der Waals surface area (Å²) in [4.78, 5) is 10.9. The van der Waals surface area contributed by atoms with E-state index in [4.69, 9.17) is 27.2 Å². The Labute approximate surface area is 92.6 Å². The number of hydrogen-bond donors (Lipinski definition) is 2. The number of benzene rings is 1. The number of aliphatic carboxylic acids is 1. The molecule has 0 saturated carbocycles. The van der Waals surface area contributed by atoms with Gasteiger partial charge < -0.3 is 15.6 Å². The largest absolute Gasteiger partial charge is 0.495 e. The van der Waals surface area contributed by atoms with Crippen molar-refractivity contribution < 1.29 is 14.6 Å². The number of para-hydroxylation sites is 1. The normalized spacial score (nSPS) is 12.2. The smallest absolute Gasteiger partial charge is 0.312 e. The number of halogens is 1. The predicted molar refractivity (Wildman–Crippen MR) is 57.4 cm³/mol. The van der Waals surface area contributed by atoms with Gasteiger partial charge in [-0.1, -0.05) is 23.7 Å². The van der Waals surface area contributed by atoms with Crippen molar-refractivity contribution in [3.05, 3.63) is 28.8 Å². The first-order valence-corrected chi connectivity index (χ1v) is 4.74. The number of carboxylic acid groups (broad SMARTS) is 1. The fraction of sp³-hybridized carbons (Fsp3) is 0.300. The van der Waals surface area contributed by atoms with Crippen LogP contribution in [0, 0.1) is 0 Å². The van der Waals surface area contributed by atoms with Crippen LogP contribution in [0.3, 0.4) is 0 Å². The zero-order chi connectivity index (χ0) is 11.4. The molecule has 1 atom stereocenters. The molecule has 15 heavy (non-hydrogen) atoms. The molecule has 0 fully saturated rings. The zero-order valence-corrected chi connectivity index (χ0v) is 8.99. The van der Waals surface area contributed by atoms with Gasteiger partial charge in [0.25, 0.3) is 0 Å². The van der Waals surface area contributed by atoms with E-state index in [9.17, 15) is 4.79 Å². The Bertz CT molecular complexity index is 368. The first kappa shape index (κ1) is 11.8. The molecule has 3 N–H and O–H groups in total. The summed E-state index contributed by atoms with van der Waals surface area (Å²) in [6.07, 6.45) is 0. The second-order valence-electron chi connectivity index (χ2n) is 2.99. The Balaban J connectivity index is 3.22. The number of ether oxygens (including phenoxy) is 1. The molecule has 1 aromatic rings. The maximum absolute atomic E-state index is 10.9. The van der Waals surface area contributed by atoms with Gasteiger partial charge in [-0.25, -0.2) is 0 Å². The molecule has 0 aliphatic rings. The van der Waals surface area contributed by atoms with Gasteiger partial charge in [0.05, 0.1) is 18.1 Å². The van der Waals surface area contributed by atoms with Crippen molar-refractivity contribution in [1.82, 2.24) is 0 Å². The molecule has 82 valence electrons. The second-order valence-corrected chi connectivity index (χ2v) is 3.40. The monoisotopic (exact) mass is 229 g/mol. The van der Waals surface area contributed by atoms with Crippen molar-refractivity contribution in [3.8, 4) is 5.75 Å². The maximum Gasteiger partial charge on any atom is 0.312 e. The summed E-state index contributed by atoms with van der Waals surface area (Å²) in [6, 6.07) is 4.96. The Morgan fingerprint density at radius 3 is 2.80 bits per heavy atom. The van der Waals surface area contributed by atoms with Crippen LogP contribution in [-0.2, 0) is 4.79 Å². The highest BCUT2D eigenvalue weighted by molar-refractivity contribution is 6.32. The third-order valence-corrected chi connectivity index (χ3v) is 2.41. The van der Waals surface area contributed by atoms with Gasteiger partial charge in [0.2, 0.25) is 0 Å². The summed E-state index contributed by atoms with van der Waals surface area (Å²) in [7, 11) is 1.44. The second kappa shape index (κ2) is 5.00. The molecule has 0 amide bonds. The van der Waals surface area contributed by atoms with E-state index < -0.39 is 11.9 Å². The number of carboxylic acids is 1. The van der Waals surface area contributed by atoms with Gasteiger partial charge in [-0.3, -0.25) is 4.79 Å². The fourth-order valence-corrected chi connectivity index (χ4v) is 1.64. The summed E-state index contributed by atoms with van der Waals surface area (Å²) < 4.78 is 5.06. The van der Waals surface area contributed by atoms with E-state index in [-0.39, 0.29) is 6.54 Å². The summed E-state index contributed by atoms with van der Waals surface area (Å²) in [5.41, 5.74) is 5.90. The molecule has 0 bridgehead atoms. The molecule has 0 aliphatic heterocycles. The van der Waals surface area contributed by atoms with Gasteiger partial charge in [0, 0.05) is 12.1 Å². The third-order valence-electron chi connectivity index (χ3n) is 2.11. The van der Waals surface area contributed by atoms with Crippen LogP contribution in [0.15, 0.2) is 18.2 Å². The van der Waals surface area contributed by atoms with E-state index in [1.54, 1.807) is 18.2 Å². The van der Waals surface area contributed by atoms with Gasteiger partial charge >= 0.3 is 5.97 Å². The van der Waals surface area contributed by atoms with Crippen LogP contribution < -0.4 is 10.5 Å². The number of nitrogens with two attached hydrogens (primary N) is 1. The van der Waals surface area contributed by atoms with Gasteiger partial charge in [-0.15, -0.1) is 0 Å². The lowest BCUT2D eigenvalue weighted by atomic mass is 9.98. The minimum absolute atomic E-state index is 0.00599. The number of rotatable bonds is 4. The summed E-state index contributed by atoms with van der Waals surface area (Å²) in [5.74, 6) is -1.41. The first-order chi connectivity index (χ1) is 7.11. The summed E-state index contributed by atoms with van der Waals surface area (Å²) in [6.45, 7) is 0.00599. The SMILES string of the molecule is COc1c(Cl)cccc1C(CN)C(=O)O. The van der Waals surface area contributed by atoms with Crippen LogP contribution in [0.1, 0.15) is 11.5 Å². The molecule has 0 heterocycles. The standard InChI is InChI=1S/C10H12ClNO3/c1-15-9-6(3-2-4-8(9)11)7(5-12)10(13)14/h2-4,7H,5,12H2,1H3,(H,13,14). The van der Waals surface area contributed by atoms with Crippen molar-refractivity contribution in [3.63, 3.8) is 0 Å². The van der Waals surface area contributed by atoms with Crippen LogP contribution >= 0.6 is 11.6 Å². The Morgan fingerprint density at radius 2 is 2.33 bits per heavy atom. The number of carbonyl (C=O) groups is 1. The van der Waals surface area contributed by atoms with Crippen molar-refractivity contribution >= 4 is 17.6 Å². The van der Waals surface area contributed by atoms with Crippen LogP contribution in [0.5, 0.6) is 5.75 Å². The van der Waals surface area contributed by atoms with Crippen LogP contribution in [0.25, 0.3) is 0 Å². The lowest BCUT2D eigenvalue weighted by Crippen LogP contribution is -2.21. The molecular weight excluding hydrogens is 218 g/mol. The lowest BCUT2D eigenvalue weighted by Gasteiger charge is -2.15. The van der Waals surface area contributed by atoms with E-state index in [1.165, 1.54) is 7.11 Å². The lowest BCUT2D eigenvalue weighted by molar-refractivity contribution is -0.138. The van der Waals surface area contributed by atoms with Gasteiger partial charge in [-0.2, -0.15) is 0 Å². The van der Waals surface area contributed by atoms with Crippen molar-refractivity contribution in [2.45, 2.75) is 5.92 Å². The average molecular weight is 230 g/mol. The highest BCUT2D eigenvalue weighted by atomic mass is 35.5. The van der Waals surface area contributed by atoms with Crippen molar-refractivity contribution in [2.75, 3.05) is 13.7 Å². The first-order valence-electron chi connectivity index (χ1n) is 4.37. The highest BCUT2D eigenvalue weighted by Crippen LogP contribution is 2.33. The quantitative estimate of drug-likeness (QED) is 0.820. The van der Waals surface area contributed by atoms with E-state index in [2.05, 4.69) is 0 Å². The fourth-order valence-electron chi connectivity index (χ4n) is 1.38. The molecule has 0 aromatic heterocycles. The van der Waals surface area contributed by atoms with E-state index in [1.807, 2.05) is 0 Å². The number of methoxy groups -OCH3 is 1. The topological polar surface area (TPSA) is 72.5 Å². The van der Waals surface area contributed by atoms with Crippen molar-refractivity contribution in [2.24, 2.45) is 5.73 Å². The maximum atomic E-state index is 10.9. The average Bonchev–Trinajstić information content (AvgIpc) is 2.18. The zero-order valence-electron chi connectivity index (χ0n) is 8.24. The van der Waals surface area contributed by atoms with Crippen LogP contribution in [0.4, 0.5) is 0 Å². The van der Waals surface area contributed by atoms with Crippen LogP contribution in [0.2, 0.25) is 5.02 Å². The third kappa shape index (κ3) is 2.40. The summed E-state index contributed by atoms with van der Waals surface area (Å²) >= 11 is 5.88. The minimum atomic E-state index is -0.988. The highest BCUT2D eigenvalue weighted by Gasteiger charge is 2.22. The van der Waals surface area contributed by atoms with Crippen LogP contribution in [-0.4, -0.2) is 24.7 Å². The van der Waals surface area contributed by atoms with Gasteiger partial charge in [-0.05, 0) is 6.07 Å². The molecule has 0 aliphatic carbocycles. The molecule has 4 nitrogen and oxygen atoms in total. The molecule has 5 heteroatoms. The molecular formula is C10H12ClNO3. The molecule has 1 aromatic carbocycles. The molecule has 0 saturated heterocycles. The van der Waals surface area contributed by atoms with Gasteiger partial charge in [0.15, 0.2) is 0 Å². The van der Waals surface area contributed by atoms with E-state index >= 15 is 0 Å².